The topological polar surface area (TPSA) is 81.3 Å². The van der Waals surface area contributed by atoms with E-state index < -0.39 is 10.4 Å². The highest BCUT2D eigenvalue weighted by Gasteiger charge is 2.19. The fraction of sp³-hybridized carbons (Fsp3) is 0.174. The number of benzene rings is 3. The second-order valence-corrected chi connectivity index (χ2v) is 9.42. The van der Waals surface area contributed by atoms with Gasteiger partial charge in [0.2, 0.25) is 0 Å². The van der Waals surface area contributed by atoms with Crippen molar-refractivity contribution in [3.8, 4) is 11.1 Å². The number of sulfonamides is 1. The van der Waals surface area contributed by atoms with Crippen LogP contribution in [-0.4, -0.2) is 29.8 Å². The number of hydrogen-bond acceptors (Lipinski definition) is 4. The standard InChI is InChI=1S/C23H24N2O3S2/c1-17-6-12-22(13-7-17)30(27,28)25-15-14-24-23(26)20-5-3-4-19(16-20)18-8-10-21(29-2)11-9-18/h3-13,16H,14-15H2,1-2H3,(H2-,24,25,26,27,28). The summed E-state index contributed by atoms with van der Waals surface area (Å²) < 4.78 is 27.1. The summed E-state index contributed by atoms with van der Waals surface area (Å²) in [6, 6.07) is 22.2. The average Bonchev–Trinajstić information content (AvgIpc) is 2.77. The lowest BCUT2D eigenvalue weighted by molar-refractivity contribution is 0.0954. The number of hydrogen-bond donors (Lipinski definition) is 2. The second-order valence-electron chi connectivity index (χ2n) is 6.78. The zero-order chi connectivity index (χ0) is 21.6. The lowest BCUT2D eigenvalue weighted by atomic mass is 10.0. The number of aryl methyl sites for hydroxylation is 1. The third-order valence-corrected chi connectivity index (χ3v) is 6.80. The Morgan fingerprint density at radius 3 is 2.33 bits per heavy atom. The van der Waals surface area contributed by atoms with E-state index in [1.54, 1.807) is 42.1 Å². The Kier molecular flexibility index (Phi) is 7.44. The van der Waals surface area contributed by atoms with E-state index in [2.05, 4.69) is 10.0 Å². The van der Waals surface area contributed by atoms with E-state index in [4.69, 9.17) is 0 Å². The molecule has 3 aromatic carbocycles. The molecular weight excluding hydrogens is 416 g/mol. The molecule has 0 aliphatic carbocycles. The van der Waals surface area contributed by atoms with Crippen LogP contribution in [0.2, 0.25) is 0 Å². The van der Waals surface area contributed by atoms with Gasteiger partial charge in [-0.3, -0.25) is 4.79 Å². The van der Waals surface area contributed by atoms with Crippen LogP contribution in [0.3, 0.4) is 0 Å². The van der Waals surface area contributed by atoms with Gasteiger partial charge in [-0.05, 0) is 60.7 Å². The molecule has 0 saturated heterocycles. The van der Waals surface area contributed by atoms with Crippen LogP contribution < -0.4 is 10.0 Å². The molecule has 0 aliphatic heterocycles. The van der Waals surface area contributed by atoms with Crippen molar-refractivity contribution in [1.29, 1.82) is 0 Å². The predicted octanol–water partition coefficient (Wildman–Crippen LogP) is 4.31. The highest BCUT2D eigenvalue weighted by molar-refractivity contribution is 7.98. The van der Waals surface area contributed by atoms with Crippen molar-refractivity contribution in [2.75, 3.05) is 19.3 Å². The van der Waals surface area contributed by atoms with Crippen LogP contribution in [0.15, 0.2) is 82.6 Å². The molecule has 0 aliphatic rings. The van der Waals surface area contributed by atoms with Crippen LogP contribution in [-0.2, 0) is 14.6 Å². The van der Waals surface area contributed by atoms with Crippen molar-refractivity contribution < 1.29 is 13.6 Å². The third kappa shape index (κ3) is 5.79. The molecule has 0 spiro atoms. The molecule has 0 saturated carbocycles. The second kappa shape index (κ2) is 10.0. The van der Waals surface area contributed by atoms with Gasteiger partial charge in [0.15, 0.2) is 15.3 Å². The Morgan fingerprint density at radius 2 is 1.67 bits per heavy atom. The van der Waals surface area contributed by atoms with E-state index in [0.717, 1.165) is 16.7 Å². The number of nitrogens with one attached hydrogen (secondary N) is 2. The van der Waals surface area contributed by atoms with Crippen molar-refractivity contribution in [2.45, 2.75) is 16.7 Å². The summed E-state index contributed by atoms with van der Waals surface area (Å²) in [4.78, 5) is 13.9. The van der Waals surface area contributed by atoms with Gasteiger partial charge in [0.05, 0.1) is 6.54 Å². The number of rotatable bonds is 8. The summed E-state index contributed by atoms with van der Waals surface area (Å²) >= 11 is 1.68. The summed E-state index contributed by atoms with van der Waals surface area (Å²) in [5, 5.41) is 2.76. The third-order valence-electron chi connectivity index (χ3n) is 4.58. The Morgan fingerprint density at radius 1 is 0.967 bits per heavy atom. The van der Waals surface area contributed by atoms with Gasteiger partial charge in [-0.25, -0.2) is 0 Å². The van der Waals surface area contributed by atoms with Gasteiger partial charge in [-0.15, -0.1) is 16.5 Å². The smallest absolute Gasteiger partial charge is 0.251 e. The maximum absolute atomic E-state index is 12.5. The quantitative estimate of drug-likeness (QED) is 0.311. The van der Waals surface area contributed by atoms with Gasteiger partial charge in [-0.1, -0.05) is 46.2 Å². The van der Waals surface area contributed by atoms with Gasteiger partial charge >= 0.3 is 0 Å². The molecule has 3 aromatic rings. The molecule has 0 aromatic heterocycles. The molecule has 0 radical (unpaired) electrons. The highest BCUT2D eigenvalue weighted by Crippen LogP contribution is 2.23. The molecule has 156 valence electrons. The van der Waals surface area contributed by atoms with Crippen LogP contribution in [0.25, 0.3) is 11.1 Å². The number of thioether (sulfide) groups is 1. The first-order chi connectivity index (χ1) is 14.4. The minimum absolute atomic E-state index is 0.109. The molecule has 1 amide bonds. The molecule has 5 nitrogen and oxygen atoms in total. The first kappa shape index (κ1) is 22.2. The number of carbonyl (C=O) groups excluding carboxylic acids is 1. The summed E-state index contributed by atoms with van der Waals surface area (Å²) in [5.41, 5.74) is 3.51. The molecule has 1 atom stereocenters. The normalized spacial score (nSPS) is 12.9. The first-order valence-corrected chi connectivity index (χ1v) is 12.2. The molecule has 3 rings (SSSR count). The van der Waals surface area contributed by atoms with Crippen molar-refractivity contribution in [2.24, 2.45) is 0 Å². The van der Waals surface area contributed by atoms with Crippen LogP contribution in [0, 0.1) is 6.92 Å². The molecule has 30 heavy (non-hydrogen) atoms. The van der Waals surface area contributed by atoms with Crippen molar-refractivity contribution in [1.82, 2.24) is 10.0 Å². The van der Waals surface area contributed by atoms with Gasteiger partial charge in [0, 0.05) is 17.0 Å². The van der Waals surface area contributed by atoms with Crippen LogP contribution in [0.5, 0.6) is 0 Å². The Balaban J connectivity index is 1.56. The summed E-state index contributed by atoms with van der Waals surface area (Å²) in [7, 11) is -3.59. The van der Waals surface area contributed by atoms with Crippen molar-refractivity contribution in [3.05, 3.63) is 83.9 Å². The lowest BCUT2D eigenvalue weighted by Gasteiger charge is -2.15. The van der Waals surface area contributed by atoms with Gasteiger partial charge in [0.25, 0.3) is 5.91 Å². The zero-order valence-corrected chi connectivity index (χ0v) is 18.5. The van der Waals surface area contributed by atoms with E-state index in [9.17, 15) is 13.6 Å². The predicted molar refractivity (Wildman–Crippen MR) is 122 cm³/mol. The summed E-state index contributed by atoms with van der Waals surface area (Å²) in [6.07, 6.45) is 2.03. The van der Waals surface area contributed by atoms with Crippen LogP contribution >= 0.6 is 11.8 Å². The van der Waals surface area contributed by atoms with E-state index in [1.807, 2.05) is 55.6 Å². The summed E-state index contributed by atoms with van der Waals surface area (Å²) in [6.45, 7) is 2.20. The molecule has 1 unspecified atom stereocenters. The van der Waals surface area contributed by atoms with Crippen molar-refractivity contribution >= 4 is 28.1 Å². The SMILES string of the molecule is CSc1ccc(-c2cccc(C(=O)NCCN[S+](=O)([O-])c3ccc(C)cc3)c2)cc1. The molecule has 0 heterocycles. The Bertz CT molecular complexity index is 1050. The minimum Gasteiger partial charge on any atom is -0.593 e. The van der Waals surface area contributed by atoms with E-state index in [-0.39, 0.29) is 23.9 Å². The van der Waals surface area contributed by atoms with Crippen LogP contribution in [0.4, 0.5) is 0 Å². The fourth-order valence-electron chi connectivity index (χ4n) is 2.89. The first-order valence-electron chi connectivity index (χ1n) is 9.48. The maximum atomic E-state index is 12.5. The average molecular weight is 441 g/mol. The number of carbonyl (C=O) groups is 1. The molecule has 0 fully saturated rings. The zero-order valence-electron chi connectivity index (χ0n) is 16.9. The van der Waals surface area contributed by atoms with E-state index in [0.29, 0.717) is 5.56 Å². The van der Waals surface area contributed by atoms with Gasteiger partial charge < -0.3 is 9.87 Å². The van der Waals surface area contributed by atoms with Gasteiger partial charge in [-0.2, -0.15) is 0 Å². The number of amides is 1. The maximum Gasteiger partial charge on any atom is 0.251 e. The summed E-state index contributed by atoms with van der Waals surface area (Å²) in [5.74, 6) is -0.243. The molecule has 0 bridgehead atoms. The van der Waals surface area contributed by atoms with E-state index >= 15 is 0 Å². The van der Waals surface area contributed by atoms with Crippen molar-refractivity contribution in [3.63, 3.8) is 0 Å². The van der Waals surface area contributed by atoms with Gasteiger partial charge in [0.1, 0.15) is 0 Å². The monoisotopic (exact) mass is 440 g/mol. The lowest BCUT2D eigenvalue weighted by Crippen LogP contribution is -2.37. The minimum atomic E-state index is -3.59. The molecular formula is C23H24N2O3S2. The Hall–Kier alpha value is -2.45. The highest BCUT2D eigenvalue weighted by atomic mass is 32.3. The van der Waals surface area contributed by atoms with Crippen LogP contribution in [0.1, 0.15) is 15.9 Å². The largest absolute Gasteiger partial charge is 0.593 e. The van der Waals surface area contributed by atoms with E-state index in [1.165, 1.54) is 4.90 Å². The molecule has 2 N–H and O–H groups in total. The molecule has 7 heteroatoms. The fourth-order valence-corrected chi connectivity index (χ4v) is 4.33. The Labute approximate surface area is 182 Å².